The molecule has 1 unspecified atom stereocenters. The van der Waals surface area contributed by atoms with Gasteiger partial charge in [0.05, 0.1) is 14.1 Å². The molecule has 0 spiro atoms. The average Bonchev–Trinajstić information content (AvgIpc) is 1.63. The third-order valence-electron chi connectivity index (χ3n) is 1.08. The molecule has 0 aliphatic rings. The lowest BCUT2D eigenvalue weighted by molar-refractivity contribution is -0.879. The molecule has 0 fully saturated rings. The number of rotatable bonds is 3. The maximum Gasteiger partial charge on any atom is 0.134 e. The number of alkyl halides is 1. The Kier molecular flexibility index (Phi) is 7.12. The summed E-state index contributed by atoms with van der Waals surface area (Å²) >= 11 is 3.36. The number of aliphatic hydroxyl groups excluding tert-OH is 1. The fourth-order valence-electron chi connectivity index (χ4n) is 0.764. The molecule has 0 amide bonds. The van der Waals surface area contributed by atoms with Crippen molar-refractivity contribution >= 4 is 15.9 Å². The zero-order chi connectivity index (χ0) is 7.49. The molecule has 0 saturated carbocycles. The molecule has 10 heavy (non-hydrogen) atoms. The predicted octanol–water partition coefficient (Wildman–Crippen LogP) is -2.20. The van der Waals surface area contributed by atoms with E-state index in [-0.39, 0.29) is 18.5 Å². The molecular weight excluding hydrogens is 217 g/mol. The summed E-state index contributed by atoms with van der Waals surface area (Å²) in [7, 11) is 4.14. The van der Waals surface area contributed by atoms with Crippen LogP contribution in [0, 0.1) is 0 Å². The van der Waals surface area contributed by atoms with E-state index in [9.17, 15) is 0 Å². The first-order valence-corrected chi connectivity index (χ1v) is 4.16. The second-order valence-corrected chi connectivity index (χ2v) is 3.59. The van der Waals surface area contributed by atoms with Crippen molar-refractivity contribution in [1.29, 1.82) is 0 Å². The summed E-state index contributed by atoms with van der Waals surface area (Å²) in [4.78, 5) is 0. The number of hydrogen-bond acceptors (Lipinski definition) is 1. The minimum atomic E-state index is -0.211. The summed E-state index contributed by atoms with van der Waals surface area (Å²) in [5.74, 6) is 0. The van der Waals surface area contributed by atoms with Crippen molar-refractivity contribution in [2.75, 3.05) is 26.1 Å². The van der Waals surface area contributed by atoms with Gasteiger partial charge < -0.3 is 22.0 Å². The molecule has 0 aliphatic heterocycles. The van der Waals surface area contributed by atoms with Crippen LogP contribution in [-0.4, -0.2) is 41.8 Å². The zero-order valence-electron chi connectivity index (χ0n) is 6.64. The molecule has 0 aromatic heterocycles. The summed E-state index contributed by atoms with van der Waals surface area (Å²) in [6.45, 7) is 2.61. The molecule has 2 nitrogen and oxygen atoms in total. The SMILES string of the molecule is CC(O)C[N+](C)(C)CBr.[Cl-]. The topological polar surface area (TPSA) is 20.2 Å². The molecule has 1 atom stereocenters. The van der Waals surface area contributed by atoms with Crippen LogP contribution in [0.15, 0.2) is 0 Å². The van der Waals surface area contributed by atoms with E-state index in [4.69, 9.17) is 5.11 Å². The van der Waals surface area contributed by atoms with Crippen LogP contribution in [0.3, 0.4) is 0 Å². The molecule has 4 heteroatoms. The van der Waals surface area contributed by atoms with Gasteiger partial charge in [-0.2, -0.15) is 0 Å². The highest BCUT2D eigenvalue weighted by Crippen LogP contribution is 2.02. The minimum Gasteiger partial charge on any atom is -1.00 e. The Balaban J connectivity index is 0. The van der Waals surface area contributed by atoms with Gasteiger partial charge in [0.15, 0.2) is 0 Å². The first-order valence-electron chi connectivity index (χ1n) is 3.04. The Morgan fingerprint density at radius 1 is 1.50 bits per heavy atom. The van der Waals surface area contributed by atoms with Gasteiger partial charge >= 0.3 is 0 Å². The number of halogens is 2. The summed E-state index contributed by atoms with van der Waals surface area (Å²) < 4.78 is 0.817. The second-order valence-electron chi connectivity index (χ2n) is 3.09. The lowest BCUT2D eigenvalue weighted by Gasteiger charge is -2.28. The number of likely N-dealkylation sites (N-methyl/N-ethyl adjacent to an activating group) is 1. The maximum atomic E-state index is 8.98. The average molecular weight is 233 g/mol. The summed E-state index contributed by atoms with van der Waals surface area (Å²) in [5, 5.41) is 8.98. The van der Waals surface area contributed by atoms with Gasteiger partial charge in [-0.05, 0) is 22.9 Å². The fraction of sp³-hybridized carbons (Fsp3) is 1.00. The van der Waals surface area contributed by atoms with Crippen molar-refractivity contribution in [1.82, 2.24) is 0 Å². The van der Waals surface area contributed by atoms with E-state index >= 15 is 0 Å². The second kappa shape index (κ2) is 5.35. The Labute approximate surface area is 77.3 Å². The first-order chi connectivity index (χ1) is 3.98. The smallest absolute Gasteiger partial charge is 0.134 e. The number of nitrogens with zero attached hydrogens (tertiary/aromatic N) is 1. The van der Waals surface area contributed by atoms with E-state index in [2.05, 4.69) is 30.0 Å². The molecule has 0 aromatic rings. The number of aliphatic hydroxyl groups is 1. The Bertz CT molecular complexity index is 87.8. The maximum absolute atomic E-state index is 8.98. The summed E-state index contributed by atoms with van der Waals surface area (Å²) in [6, 6.07) is 0. The van der Waals surface area contributed by atoms with Crippen molar-refractivity contribution < 1.29 is 22.0 Å². The van der Waals surface area contributed by atoms with Crippen LogP contribution in [0.5, 0.6) is 0 Å². The van der Waals surface area contributed by atoms with E-state index < -0.39 is 0 Å². The molecule has 0 radical (unpaired) electrons. The van der Waals surface area contributed by atoms with Crippen LogP contribution in [-0.2, 0) is 0 Å². The Hall–Kier alpha value is 0.690. The quantitative estimate of drug-likeness (QED) is 0.333. The van der Waals surface area contributed by atoms with Gasteiger partial charge in [-0.1, -0.05) is 0 Å². The van der Waals surface area contributed by atoms with Gasteiger partial charge in [0.1, 0.15) is 18.1 Å². The molecule has 0 bridgehead atoms. The van der Waals surface area contributed by atoms with Crippen LogP contribution < -0.4 is 12.4 Å². The van der Waals surface area contributed by atoms with Gasteiger partial charge in [0, 0.05) is 0 Å². The standard InChI is InChI=1S/C6H15BrNO.ClH/c1-6(9)4-8(2,3)5-7;/h6,9H,4-5H2,1-3H3;1H/q+1;/p-1. The van der Waals surface area contributed by atoms with Gasteiger partial charge in [-0.3, -0.25) is 0 Å². The van der Waals surface area contributed by atoms with Crippen LogP contribution in [0.4, 0.5) is 0 Å². The zero-order valence-corrected chi connectivity index (χ0v) is 8.98. The van der Waals surface area contributed by atoms with E-state index in [1.807, 2.05) is 6.92 Å². The van der Waals surface area contributed by atoms with Crippen LogP contribution in [0.25, 0.3) is 0 Å². The largest absolute Gasteiger partial charge is 1.00 e. The van der Waals surface area contributed by atoms with Gasteiger partial charge in [-0.15, -0.1) is 0 Å². The minimum absolute atomic E-state index is 0. The Morgan fingerprint density at radius 3 is 2.00 bits per heavy atom. The Morgan fingerprint density at radius 2 is 1.90 bits per heavy atom. The van der Waals surface area contributed by atoms with Crippen molar-refractivity contribution in [2.45, 2.75) is 13.0 Å². The molecule has 1 N–H and O–H groups in total. The van der Waals surface area contributed by atoms with Crippen molar-refractivity contribution in [3.8, 4) is 0 Å². The van der Waals surface area contributed by atoms with Crippen LogP contribution in [0.2, 0.25) is 0 Å². The van der Waals surface area contributed by atoms with E-state index in [0.29, 0.717) is 0 Å². The van der Waals surface area contributed by atoms with E-state index in [1.165, 1.54) is 0 Å². The number of hydrogen-bond donors (Lipinski definition) is 1. The third-order valence-corrected chi connectivity index (χ3v) is 2.44. The summed E-state index contributed by atoms with van der Waals surface area (Å²) in [5.41, 5.74) is 0.887. The lowest BCUT2D eigenvalue weighted by atomic mass is 10.3. The predicted molar refractivity (Wildman–Crippen MR) is 42.5 cm³/mol. The molecule has 0 rings (SSSR count). The third kappa shape index (κ3) is 6.81. The molecule has 0 aliphatic carbocycles. The molecular formula is C6H15BrClNO. The molecule has 0 aromatic carbocycles. The highest BCUT2D eigenvalue weighted by Gasteiger charge is 2.14. The molecule has 0 saturated heterocycles. The monoisotopic (exact) mass is 231 g/mol. The molecule has 64 valence electrons. The van der Waals surface area contributed by atoms with E-state index in [0.717, 1.165) is 16.5 Å². The molecule has 0 heterocycles. The van der Waals surface area contributed by atoms with Gasteiger partial charge in [-0.25, -0.2) is 0 Å². The lowest BCUT2D eigenvalue weighted by Crippen LogP contribution is -3.00. The fourth-order valence-corrected chi connectivity index (χ4v) is 0.969. The van der Waals surface area contributed by atoms with Gasteiger partial charge in [0.25, 0.3) is 0 Å². The first kappa shape index (κ1) is 13.3. The van der Waals surface area contributed by atoms with Gasteiger partial charge in [0.2, 0.25) is 0 Å². The summed E-state index contributed by atoms with van der Waals surface area (Å²) in [6.07, 6.45) is -0.211. The van der Waals surface area contributed by atoms with Crippen molar-refractivity contribution in [3.63, 3.8) is 0 Å². The highest BCUT2D eigenvalue weighted by molar-refractivity contribution is 9.09. The van der Waals surface area contributed by atoms with Crippen molar-refractivity contribution in [2.24, 2.45) is 0 Å². The number of quaternary nitrogens is 1. The van der Waals surface area contributed by atoms with E-state index in [1.54, 1.807) is 0 Å². The van der Waals surface area contributed by atoms with Crippen LogP contribution in [0.1, 0.15) is 6.92 Å². The highest BCUT2D eigenvalue weighted by atomic mass is 79.9. The van der Waals surface area contributed by atoms with Crippen molar-refractivity contribution in [3.05, 3.63) is 0 Å². The normalized spacial score (nSPS) is 14.1. The van der Waals surface area contributed by atoms with Crippen LogP contribution >= 0.6 is 15.9 Å².